The van der Waals surface area contributed by atoms with Crippen LogP contribution in [-0.4, -0.2) is 18.9 Å². The van der Waals surface area contributed by atoms with Crippen molar-refractivity contribution in [2.45, 2.75) is 11.8 Å². The van der Waals surface area contributed by atoms with E-state index in [9.17, 15) is 9.59 Å². The van der Waals surface area contributed by atoms with E-state index >= 15 is 0 Å². The molecule has 0 aliphatic heterocycles. The van der Waals surface area contributed by atoms with Crippen molar-refractivity contribution < 1.29 is 14.3 Å². The monoisotopic (exact) mass is 448 g/mol. The SMILES string of the molecule is C=C(C(=O)OC)C(c1ccccc1Br)C(C(=O)c1ccccc1)c1ccccc1. The summed E-state index contributed by atoms with van der Waals surface area (Å²) >= 11 is 3.58. The minimum Gasteiger partial charge on any atom is -0.466 e. The molecule has 4 heteroatoms. The van der Waals surface area contributed by atoms with Gasteiger partial charge in [0.2, 0.25) is 0 Å². The molecule has 3 nitrogen and oxygen atoms in total. The lowest BCUT2D eigenvalue weighted by Gasteiger charge is -2.29. The molecule has 0 radical (unpaired) electrons. The van der Waals surface area contributed by atoms with E-state index in [1.807, 2.05) is 72.8 Å². The average Bonchev–Trinajstić information content (AvgIpc) is 2.78. The van der Waals surface area contributed by atoms with Crippen molar-refractivity contribution in [2.75, 3.05) is 7.11 Å². The Morgan fingerprint density at radius 1 is 0.828 bits per heavy atom. The summed E-state index contributed by atoms with van der Waals surface area (Å²) in [6.07, 6.45) is 0. The second-order valence-electron chi connectivity index (χ2n) is 6.63. The molecule has 0 bridgehead atoms. The van der Waals surface area contributed by atoms with Crippen molar-refractivity contribution in [3.05, 3.63) is 118 Å². The molecule has 0 aromatic heterocycles. The number of hydrogen-bond donors (Lipinski definition) is 0. The number of benzene rings is 3. The van der Waals surface area contributed by atoms with E-state index in [1.54, 1.807) is 12.1 Å². The molecule has 0 spiro atoms. The van der Waals surface area contributed by atoms with Crippen LogP contribution in [0.2, 0.25) is 0 Å². The van der Waals surface area contributed by atoms with E-state index in [0.717, 1.165) is 15.6 Å². The predicted molar refractivity (Wildman–Crippen MR) is 118 cm³/mol. The molecule has 3 aromatic rings. The van der Waals surface area contributed by atoms with Crippen molar-refractivity contribution in [2.24, 2.45) is 0 Å². The first-order valence-electron chi connectivity index (χ1n) is 9.20. The Kier molecular flexibility index (Phi) is 6.78. The van der Waals surface area contributed by atoms with Crippen molar-refractivity contribution in [3.63, 3.8) is 0 Å². The van der Waals surface area contributed by atoms with Gasteiger partial charge in [-0.3, -0.25) is 4.79 Å². The zero-order valence-electron chi connectivity index (χ0n) is 16.0. The summed E-state index contributed by atoms with van der Waals surface area (Å²) in [6, 6.07) is 26.1. The van der Waals surface area contributed by atoms with E-state index < -0.39 is 17.8 Å². The number of halogens is 1. The molecule has 0 aliphatic rings. The maximum atomic E-state index is 13.7. The van der Waals surface area contributed by atoms with Crippen LogP contribution in [0.3, 0.4) is 0 Å². The fourth-order valence-corrected chi connectivity index (χ4v) is 4.02. The smallest absolute Gasteiger partial charge is 0.333 e. The zero-order valence-corrected chi connectivity index (χ0v) is 17.6. The maximum absolute atomic E-state index is 13.7. The fraction of sp³-hybridized carbons (Fsp3) is 0.120. The Labute approximate surface area is 179 Å². The van der Waals surface area contributed by atoms with Crippen molar-refractivity contribution in [1.29, 1.82) is 0 Å². The van der Waals surface area contributed by atoms with Crippen LogP contribution < -0.4 is 0 Å². The first kappa shape index (κ1) is 20.7. The van der Waals surface area contributed by atoms with Gasteiger partial charge in [-0.05, 0) is 17.2 Å². The fourth-order valence-electron chi connectivity index (χ4n) is 3.49. The van der Waals surface area contributed by atoms with Gasteiger partial charge in [0.25, 0.3) is 0 Å². The highest BCUT2D eigenvalue weighted by atomic mass is 79.9. The first-order valence-corrected chi connectivity index (χ1v) is 9.99. The number of Topliss-reactive ketones (excluding diaryl/α,β-unsaturated/α-hetero) is 1. The molecule has 29 heavy (non-hydrogen) atoms. The number of ketones is 1. The number of esters is 1. The molecular formula is C25H21BrO3. The highest BCUT2D eigenvalue weighted by molar-refractivity contribution is 9.10. The third-order valence-corrected chi connectivity index (χ3v) is 5.62. The lowest BCUT2D eigenvalue weighted by Crippen LogP contribution is -2.25. The van der Waals surface area contributed by atoms with Crippen LogP contribution in [0.5, 0.6) is 0 Å². The van der Waals surface area contributed by atoms with Gasteiger partial charge in [-0.25, -0.2) is 4.79 Å². The summed E-state index contributed by atoms with van der Waals surface area (Å²) in [5.74, 6) is -1.84. The second kappa shape index (κ2) is 9.48. The van der Waals surface area contributed by atoms with Crippen LogP contribution in [0.15, 0.2) is 102 Å². The normalized spacial score (nSPS) is 12.6. The number of hydrogen-bond acceptors (Lipinski definition) is 3. The Balaban J connectivity index is 2.23. The Morgan fingerprint density at radius 3 is 1.97 bits per heavy atom. The van der Waals surface area contributed by atoms with Crippen molar-refractivity contribution in [3.8, 4) is 0 Å². The second-order valence-corrected chi connectivity index (χ2v) is 7.49. The minimum absolute atomic E-state index is 0.0809. The number of carbonyl (C=O) groups is 2. The van der Waals surface area contributed by atoms with Gasteiger partial charge in [-0.2, -0.15) is 0 Å². The Hall–Kier alpha value is -2.98. The van der Waals surface area contributed by atoms with Crippen LogP contribution in [0.4, 0.5) is 0 Å². The summed E-state index contributed by atoms with van der Waals surface area (Å²) < 4.78 is 5.76. The van der Waals surface area contributed by atoms with E-state index in [2.05, 4.69) is 22.5 Å². The van der Waals surface area contributed by atoms with Gasteiger partial charge < -0.3 is 4.74 Å². The van der Waals surface area contributed by atoms with Crippen LogP contribution in [0, 0.1) is 0 Å². The molecule has 0 saturated heterocycles. The maximum Gasteiger partial charge on any atom is 0.333 e. The standard InChI is InChI=1S/C25H21BrO3/c1-17(25(28)29-2)22(20-15-9-10-16-21(20)26)23(18-11-5-3-6-12-18)24(27)19-13-7-4-8-14-19/h3-16,22-23H,1H2,2H3. The van der Waals surface area contributed by atoms with Gasteiger partial charge in [0.05, 0.1) is 13.0 Å². The molecule has 0 fully saturated rings. The highest BCUT2D eigenvalue weighted by Gasteiger charge is 2.37. The molecule has 2 atom stereocenters. The third-order valence-electron chi connectivity index (χ3n) is 4.90. The van der Waals surface area contributed by atoms with Gasteiger partial charge in [-0.1, -0.05) is 101 Å². The highest BCUT2D eigenvalue weighted by Crippen LogP contribution is 2.43. The van der Waals surface area contributed by atoms with Crippen molar-refractivity contribution in [1.82, 2.24) is 0 Å². The molecule has 146 valence electrons. The summed E-state index contributed by atoms with van der Waals surface area (Å²) in [6.45, 7) is 4.02. The summed E-state index contributed by atoms with van der Waals surface area (Å²) in [5, 5.41) is 0. The molecule has 3 aromatic carbocycles. The molecule has 2 unspecified atom stereocenters. The zero-order chi connectivity index (χ0) is 20.8. The van der Waals surface area contributed by atoms with Gasteiger partial charge in [0, 0.05) is 21.5 Å². The number of methoxy groups -OCH3 is 1. The number of rotatable bonds is 7. The lowest BCUT2D eigenvalue weighted by molar-refractivity contribution is -0.136. The molecule has 3 rings (SSSR count). The number of carbonyl (C=O) groups excluding carboxylic acids is 2. The summed E-state index contributed by atoms with van der Waals surface area (Å²) in [7, 11) is 1.32. The Bertz CT molecular complexity index is 1010. The molecule has 0 heterocycles. The van der Waals surface area contributed by atoms with E-state index in [0.29, 0.717) is 5.56 Å². The molecule has 0 amide bonds. The summed E-state index contributed by atoms with van der Waals surface area (Å²) in [4.78, 5) is 26.2. The van der Waals surface area contributed by atoms with Gasteiger partial charge >= 0.3 is 5.97 Å². The largest absolute Gasteiger partial charge is 0.466 e. The average molecular weight is 449 g/mol. The third kappa shape index (κ3) is 4.54. The van der Waals surface area contributed by atoms with Gasteiger partial charge in [0.15, 0.2) is 5.78 Å². The van der Waals surface area contributed by atoms with Crippen LogP contribution in [-0.2, 0) is 9.53 Å². The van der Waals surface area contributed by atoms with Crippen LogP contribution in [0.1, 0.15) is 33.3 Å². The van der Waals surface area contributed by atoms with Gasteiger partial charge in [-0.15, -0.1) is 0 Å². The quantitative estimate of drug-likeness (QED) is 0.255. The summed E-state index contributed by atoms with van der Waals surface area (Å²) in [5.41, 5.74) is 2.43. The molecule has 0 N–H and O–H groups in total. The molecule has 0 aliphatic carbocycles. The van der Waals surface area contributed by atoms with E-state index in [-0.39, 0.29) is 11.4 Å². The first-order chi connectivity index (χ1) is 14.0. The van der Waals surface area contributed by atoms with Crippen molar-refractivity contribution >= 4 is 27.7 Å². The molecule has 0 saturated carbocycles. The topological polar surface area (TPSA) is 43.4 Å². The minimum atomic E-state index is -0.635. The number of ether oxygens (including phenoxy) is 1. The molecular weight excluding hydrogens is 428 g/mol. The van der Waals surface area contributed by atoms with E-state index in [1.165, 1.54) is 7.11 Å². The van der Waals surface area contributed by atoms with Gasteiger partial charge in [0.1, 0.15) is 0 Å². The van der Waals surface area contributed by atoms with Crippen LogP contribution >= 0.6 is 15.9 Å². The predicted octanol–water partition coefficient (Wildman–Crippen LogP) is 5.93. The van der Waals surface area contributed by atoms with Crippen LogP contribution in [0.25, 0.3) is 0 Å². The lowest BCUT2D eigenvalue weighted by atomic mass is 9.73. The Morgan fingerprint density at radius 2 is 1.38 bits per heavy atom. The van der Waals surface area contributed by atoms with E-state index in [4.69, 9.17) is 4.74 Å².